The zero-order valence-electron chi connectivity index (χ0n) is 12.9. The molecule has 1 aliphatic heterocycles. The molecule has 5 nitrogen and oxygen atoms in total. The van der Waals surface area contributed by atoms with E-state index in [4.69, 9.17) is 18.9 Å². The van der Waals surface area contributed by atoms with Crippen LogP contribution >= 0.6 is 0 Å². The Bertz CT molecular complexity index is 419. The van der Waals surface area contributed by atoms with E-state index in [1.165, 1.54) is 0 Å². The highest BCUT2D eigenvalue weighted by Gasteiger charge is 2.11. The number of hydrogen-bond acceptors (Lipinski definition) is 5. The van der Waals surface area contributed by atoms with Gasteiger partial charge in [0.05, 0.1) is 13.2 Å². The highest BCUT2D eigenvalue weighted by molar-refractivity contribution is 5.43. The van der Waals surface area contributed by atoms with Gasteiger partial charge in [0.2, 0.25) is 0 Å². The minimum absolute atomic E-state index is 0.194. The summed E-state index contributed by atoms with van der Waals surface area (Å²) in [4.78, 5) is 0. The standard InChI is InChI=1S/C16H25NO4/c1-3-18-16(19-4-2)12-17-11-13-6-7-14-15(10-13)21-9-5-8-20-14/h6-7,10,16-17H,3-5,8-9,11-12H2,1-2H3. The van der Waals surface area contributed by atoms with E-state index in [1.807, 2.05) is 26.0 Å². The minimum Gasteiger partial charge on any atom is -0.490 e. The Morgan fingerprint density at radius 2 is 1.81 bits per heavy atom. The van der Waals surface area contributed by atoms with Crippen molar-refractivity contribution in [1.29, 1.82) is 0 Å². The van der Waals surface area contributed by atoms with Gasteiger partial charge in [-0.05, 0) is 31.5 Å². The summed E-state index contributed by atoms with van der Waals surface area (Å²) >= 11 is 0. The first-order chi connectivity index (χ1) is 10.3. The van der Waals surface area contributed by atoms with E-state index in [9.17, 15) is 0 Å². The lowest BCUT2D eigenvalue weighted by molar-refractivity contribution is -0.133. The molecule has 118 valence electrons. The fourth-order valence-corrected chi connectivity index (χ4v) is 2.19. The summed E-state index contributed by atoms with van der Waals surface area (Å²) in [5.74, 6) is 1.66. The van der Waals surface area contributed by atoms with Crippen LogP contribution < -0.4 is 14.8 Å². The summed E-state index contributed by atoms with van der Waals surface area (Å²) in [5.41, 5.74) is 1.16. The normalized spacial score (nSPS) is 14.2. The van der Waals surface area contributed by atoms with Gasteiger partial charge in [0.25, 0.3) is 0 Å². The van der Waals surface area contributed by atoms with Crippen molar-refractivity contribution < 1.29 is 18.9 Å². The third-order valence-corrected chi connectivity index (χ3v) is 3.16. The summed E-state index contributed by atoms with van der Waals surface area (Å²) in [5, 5.41) is 3.35. The lowest BCUT2D eigenvalue weighted by Gasteiger charge is -2.17. The van der Waals surface area contributed by atoms with Gasteiger partial charge in [0, 0.05) is 32.7 Å². The summed E-state index contributed by atoms with van der Waals surface area (Å²) in [6.07, 6.45) is 0.729. The van der Waals surface area contributed by atoms with Crippen molar-refractivity contribution in [3.63, 3.8) is 0 Å². The van der Waals surface area contributed by atoms with E-state index >= 15 is 0 Å². The highest BCUT2D eigenvalue weighted by Crippen LogP contribution is 2.30. The molecule has 21 heavy (non-hydrogen) atoms. The van der Waals surface area contributed by atoms with Crippen LogP contribution in [0.1, 0.15) is 25.8 Å². The van der Waals surface area contributed by atoms with Crippen LogP contribution in [0.2, 0.25) is 0 Å². The van der Waals surface area contributed by atoms with E-state index in [2.05, 4.69) is 11.4 Å². The summed E-state index contributed by atoms with van der Waals surface area (Å²) in [6.45, 7) is 8.07. The van der Waals surface area contributed by atoms with E-state index < -0.39 is 0 Å². The molecule has 1 aliphatic rings. The van der Waals surface area contributed by atoms with E-state index in [-0.39, 0.29) is 6.29 Å². The number of fused-ring (bicyclic) bond motifs is 1. The average Bonchev–Trinajstić information content (AvgIpc) is 2.72. The molecule has 0 saturated carbocycles. The van der Waals surface area contributed by atoms with Gasteiger partial charge >= 0.3 is 0 Å². The minimum atomic E-state index is -0.194. The zero-order valence-corrected chi connectivity index (χ0v) is 12.9. The van der Waals surface area contributed by atoms with Crippen LogP contribution in [0.4, 0.5) is 0 Å². The van der Waals surface area contributed by atoms with Crippen molar-refractivity contribution in [2.45, 2.75) is 33.1 Å². The van der Waals surface area contributed by atoms with Gasteiger partial charge in [-0.15, -0.1) is 0 Å². The molecule has 0 amide bonds. The summed E-state index contributed by atoms with van der Waals surface area (Å²) in [6, 6.07) is 6.06. The molecular formula is C16H25NO4. The van der Waals surface area contributed by atoms with Crippen LogP contribution in [-0.4, -0.2) is 39.3 Å². The van der Waals surface area contributed by atoms with Crippen LogP contribution in [0.15, 0.2) is 18.2 Å². The van der Waals surface area contributed by atoms with Gasteiger partial charge < -0.3 is 24.3 Å². The lowest BCUT2D eigenvalue weighted by atomic mass is 10.2. The summed E-state index contributed by atoms with van der Waals surface area (Å²) in [7, 11) is 0. The Morgan fingerprint density at radius 3 is 2.52 bits per heavy atom. The number of nitrogens with one attached hydrogen (secondary N) is 1. The number of rotatable bonds is 8. The van der Waals surface area contributed by atoms with Crippen molar-refractivity contribution in [2.75, 3.05) is 33.0 Å². The lowest BCUT2D eigenvalue weighted by Crippen LogP contribution is -2.31. The second-order valence-electron chi connectivity index (χ2n) is 4.80. The van der Waals surface area contributed by atoms with Crippen LogP contribution in [-0.2, 0) is 16.0 Å². The molecule has 5 heteroatoms. The Balaban J connectivity index is 1.84. The molecule has 0 fully saturated rings. The van der Waals surface area contributed by atoms with Crippen molar-refractivity contribution in [3.05, 3.63) is 23.8 Å². The van der Waals surface area contributed by atoms with Crippen LogP contribution in [0.25, 0.3) is 0 Å². The van der Waals surface area contributed by atoms with Crippen LogP contribution in [0.3, 0.4) is 0 Å². The zero-order chi connectivity index (χ0) is 14.9. The summed E-state index contributed by atoms with van der Waals surface area (Å²) < 4.78 is 22.3. The SMILES string of the molecule is CCOC(CNCc1ccc2c(c1)OCCCO2)OCC. The topological polar surface area (TPSA) is 49.0 Å². The first kappa shape index (κ1) is 16.1. The largest absolute Gasteiger partial charge is 0.490 e. The molecule has 1 aromatic rings. The van der Waals surface area contributed by atoms with Crippen molar-refractivity contribution in [1.82, 2.24) is 5.32 Å². The maximum atomic E-state index is 5.69. The molecule has 0 atom stereocenters. The van der Waals surface area contributed by atoms with Crippen LogP contribution in [0, 0.1) is 0 Å². The molecule has 0 aliphatic carbocycles. The third-order valence-electron chi connectivity index (χ3n) is 3.16. The Morgan fingerprint density at radius 1 is 1.10 bits per heavy atom. The molecule has 0 bridgehead atoms. The molecule has 0 unspecified atom stereocenters. The molecule has 2 rings (SSSR count). The Labute approximate surface area is 126 Å². The molecule has 0 aromatic heterocycles. The second-order valence-corrected chi connectivity index (χ2v) is 4.80. The second kappa shape index (κ2) is 8.87. The van der Waals surface area contributed by atoms with E-state index in [1.54, 1.807) is 0 Å². The molecule has 0 radical (unpaired) electrons. The Kier molecular flexibility index (Phi) is 6.79. The van der Waals surface area contributed by atoms with Crippen LogP contribution in [0.5, 0.6) is 11.5 Å². The smallest absolute Gasteiger partial charge is 0.169 e. The number of ether oxygens (including phenoxy) is 4. The van der Waals surface area contributed by atoms with Gasteiger partial charge in [-0.2, -0.15) is 0 Å². The molecule has 0 spiro atoms. The quantitative estimate of drug-likeness (QED) is 0.746. The van der Waals surface area contributed by atoms with E-state index in [0.717, 1.165) is 36.6 Å². The first-order valence-electron chi connectivity index (χ1n) is 7.66. The molecule has 0 saturated heterocycles. The third kappa shape index (κ3) is 5.19. The number of hydrogen-bond donors (Lipinski definition) is 1. The van der Waals surface area contributed by atoms with Crippen molar-refractivity contribution >= 4 is 0 Å². The monoisotopic (exact) mass is 295 g/mol. The van der Waals surface area contributed by atoms with Gasteiger partial charge in [-0.1, -0.05) is 6.07 Å². The van der Waals surface area contributed by atoms with E-state index in [0.29, 0.717) is 26.4 Å². The first-order valence-corrected chi connectivity index (χ1v) is 7.66. The number of benzene rings is 1. The maximum absolute atomic E-state index is 5.69. The fraction of sp³-hybridized carbons (Fsp3) is 0.625. The van der Waals surface area contributed by atoms with Gasteiger partial charge in [-0.25, -0.2) is 0 Å². The van der Waals surface area contributed by atoms with Gasteiger partial charge in [-0.3, -0.25) is 0 Å². The predicted octanol–water partition coefficient (Wildman–Crippen LogP) is 2.34. The Hall–Kier alpha value is -1.30. The molecule has 1 heterocycles. The molecule has 1 aromatic carbocycles. The van der Waals surface area contributed by atoms with Crippen molar-refractivity contribution in [3.8, 4) is 11.5 Å². The highest BCUT2D eigenvalue weighted by atomic mass is 16.7. The van der Waals surface area contributed by atoms with Gasteiger partial charge in [0.1, 0.15) is 0 Å². The maximum Gasteiger partial charge on any atom is 0.169 e. The molecule has 1 N–H and O–H groups in total. The van der Waals surface area contributed by atoms with Crippen molar-refractivity contribution in [2.24, 2.45) is 0 Å². The van der Waals surface area contributed by atoms with Gasteiger partial charge in [0.15, 0.2) is 17.8 Å². The predicted molar refractivity (Wildman–Crippen MR) is 80.8 cm³/mol. The fourth-order valence-electron chi connectivity index (χ4n) is 2.19. The average molecular weight is 295 g/mol. The molecular weight excluding hydrogens is 270 g/mol.